The standard InChI is InChI=1S/C15H12N2O5/c1-8-3-6-11(22-8)13-16-12(14(18)19)10-5-4-9(7-17(10)13)15(20)21-2/h3-7H,1-2H3,(H,18,19). The summed E-state index contributed by atoms with van der Waals surface area (Å²) >= 11 is 0. The number of pyridine rings is 1. The Hall–Kier alpha value is -3.09. The number of hydrogen-bond donors (Lipinski definition) is 1. The van der Waals surface area contributed by atoms with E-state index < -0.39 is 11.9 Å². The number of carboxylic acid groups (broad SMARTS) is 1. The Morgan fingerprint density at radius 1 is 1.27 bits per heavy atom. The van der Waals surface area contributed by atoms with Gasteiger partial charge in [0, 0.05) is 6.20 Å². The molecule has 0 aliphatic rings. The average Bonchev–Trinajstić information content (AvgIpc) is 3.09. The van der Waals surface area contributed by atoms with E-state index in [9.17, 15) is 14.7 Å². The molecule has 112 valence electrons. The molecule has 3 rings (SSSR count). The zero-order chi connectivity index (χ0) is 15.9. The van der Waals surface area contributed by atoms with Crippen LogP contribution < -0.4 is 0 Å². The highest BCUT2D eigenvalue weighted by Gasteiger charge is 2.20. The third kappa shape index (κ3) is 2.12. The Kier molecular flexibility index (Phi) is 3.17. The molecule has 0 radical (unpaired) electrons. The van der Waals surface area contributed by atoms with Crippen LogP contribution in [0.5, 0.6) is 0 Å². The number of fused-ring (bicyclic) bond motifs is 1. The van der Waals surface area contributed by atoms with E-state index in [2.05, 4.69) is 9.72 Å². The summed E-state index contributed by atoms with van der Waals surface area (Å²) in [6, 6.07) is 6.45. The van der Waals surface area contributed by atoms with Crippen LogP contribution in [0, 0.1) is 6.92 Å². The lowest BCUT2D eigenvalue weighted by Gasteiger charge is -2.02. The first-order valence-electron chi connectivity index (χ1n) is 6.42. The van der Waals surface area contributed by atoms with Crippen molar-refractivity contribution in [3.8, 4) is 11.6 Å². The van der Waals surface area contributed by atoms with Crippen LogP contribution in [0.3, 0.4) is 0 Å². The van der Waals surface area contributed by atoms with Crippen molar-refractivity contribution in [3.05, 3.63) is 47.5 Å². The molecule has 0 bridgehead atoms. The van der Waals surface area contributed by atoms with E-state index in [1.54, 1.807) is 19.1 Å². The number of aromatic carboxylic acids is 1. The average molecular weight is 300 g/mol. The van der Waals surface area contributed by atoms with E-state index in [0.29, 0.717) is 22.9 Å². The maximum Gasteiger partial charge on any atom is 0.356 e. The quantitative estimate of drug-likeness (QED) is 0.746. The molecule has 0 fully saturated rings. The summed E-state index contributed by atoms with van der Waals surface area (Å²) in [6.07, 6.45) is 1.48. The summed E-state index contributed by atoms with van der Waals surface area (Å²) in [5.41, 5.74) is 0.540. The number of ether oxygens (including phenoxy) is 1. The molecule has 0 atom stereocenters. The number of furan rings is 1. The molecule has 3 heterocycles. The lowest BCUT2D eigenvalue weighted by atomic mass is 10.2. The number of carbonyl (C=O) groups is 2. The van der Waals surface area contributed by atoms with Gasteiger partial charge in [-0.2, -0.15) is 0 Å². The van der Waals surface area contributed by atoms with Crippen LogP contribution >= 0.6 is 0 Å². The van der Waals surface area contributed by atoms with Crippen molar-refractivity contribution in [1.29, 1.82) is 0 Å². The predicted molar refractivity (Wildman–Crippen MR) is 75.9 cm³/mol. The normalized spacial score (nSPS) is 10.8. The second-order valence-electron chi connectivity index (χ2n) is 4.66. The number of aromatic nitrogens is 2. The van der Waals surface area contributed by atoms with Gasteiger partial charge in [-0.25, -0.2) is 14.6 Å². The van der Waals surface area contributed by atoms with Crippen molar-refractivity contribution < 1.29 is 23.8 Å². The molecule has 0 unspecified atom stereocenters. The Labute approximate surface area is 124 Å². The van der Waals surface area contributed by atoms with Crippen molar-refractivity contribution in [3.63, 3.8) is 0 Å². The topological polar surface area (TPSA) is 94.0 Å². The van der Waals surface area contributed by atoms with E-state index in [4.69, 9.17) is 4.42 Å². The Balaban J connectivity index is 2.30. The number of aryl methyl sites for hydroxylation is 1. The molecule has 3 aromatic heterocycles. The molecule has 0 aliphatic carbocycles. The lowest BCUT2D eigenvalue weighted by molar-refractivity contribution is 0.0599. The number of rotatable bonds is 3. The third-order valence-corrected chi connectivity index (χ3v) is 3.22. The summed E-state index contributed by atoms with van der Waals surface area (Å²) in [5.74, 6) is -0.270. The molecular weight excluding hydrogens is 288 g/mol. The van der Waals surface area contributed by atoms with Crippen LogP contribution in [-0.4, -0.2) is 33.5 Å². The van der Waals surface area contributed by atoms with E-state index in [0.717, 1.165) is 0 Å². The van der Waals surface area contributed by atoms with Gasteiger partial charge in [0.2, 0.25) is 0 Å². The number of hydrogen-bond acceptors (Lipinski definition) is 5. The lowest BCUT2D eigenvalue weighted by Crippen LogP contribution is -2.03. The molecule has 0 saturated carbocycles. The van der Waals surface area contributed by atoms with Gasteiger partial charge in [0.25, 0.3) is 0 Å². The SMILES string of the molecule is COC(=O)c1ccc2c(C(=O)O)nc(-c3ccc(C)o3)n2c1. The monoisotopic (exact) mass is 300 g/mol. The van der Waals surface area contributed by atoms with Crippen molar-refractivity contribution in [2.75, 3.05) is 7.11 Å². The van der Waals surface area contributed by atoms with Gasteiger partial charge in [0.1, 0.15) is 5.76 Å². The van der Waals surface area contributed by atoms with Crippen molar-refractivity contribution >= 4 is 17.5 Å². The first-order valence-corrected chi connectivity index (χ1v) is 6.42. The fourth-order valence-corrected chi connectivity index (χ4v) is 2.21. The number of methoxy groups -OCH3 is 1. The molecule has 0 spiro atoms. The minimum absolute atomic E-state index is 0.111. The van der Waals surface area contributed by atoms with E-state index >= 15 is 0 Å². The smallest absolute Gasteiger partial charge is 0.356 e. The molecule has 7 heteroatoms. The molecule has 7 nitrogen and oxygen atoms in total. The van der Waals surface area contributed by atoms with E-state index in [-0.39, 0.29) is 11.3 Å². The second kappa shape index (κ2) is 5.03. The van der Waals surface area contributed by atoms with Crippen LogP contribution in [-0.2, 0) is 4.74 Å². The van der Waals surface area contributed by atoms with Crippen LogP contribution in [0.15, 0.2) is 34.9 Å². The van der Waals surface area contributed by atoms with Gasteiger partial charge in [-0.1, -0.05) is 0 Å². The minimum atomic E-state index is -1.15. The van der Waals surface area contributed by atoms with Crippen molar-refractivity contribution in [1.82, 2.24) is 9.38 Å². The molecular formula is C15H12N2O5. The number of imidazole rings is 1. The zero-order valence-electron chi connectivity index (χ0n) is 11.9. The molecule has 1 N–H and O–H groups in total. The molecule has 22 heavy (non-hydrogen) atoms. The molecule has 0 aliphatic heterocycles. The zero-order valence-corrected chi connectivity index (χ0v) is 11.9. The number of carboxylic acids is 1. The van der Waals surface area contributed by atoms with Gasteiger partial charge in [-0.15, -0.1) is 0 Å². The molecule has 0 saturated heterocycles. The Morgan fingerprint density at radius 2 is 2.05 bits per heavy atom. The highest BCUT2D eigenvalue weighted by Crippen LogP contribution is 2.25. The first-order chi connectivity index (χ1) is 10.5. The van der Waals surface area contributed by atoms with Crippen LogP contribution in [0.4, 0.5) is 0 Å². The summed E-state index contributed by atoms with van der Waals surface area (Å²) < 4.78 is 11.7. The van der Waals surface area contributed by atoms with Gasteiger partial charge in [0.15, 0.2) is 17.3 Å². The van der Waals surface area contributed by atoms with Gasteiger partial charge in [0.05, 0.1) is 18.2 Å². The number of nitrogens with zero attached hydrogens (tertiary/aromatic N) is 2. The van der Waals surface area contributed by atoms with Gasteiger partial charge in [-0.05, 0) is 31.2 Å². The maximum atomic E-state index is 11.7. The highest BCUT2D eigenvalue weighted by molar-refractivity contribution is 5.96. The molecule has 0 aromatic carbocycles. The highest BCUT2D eigenvalue weighted by atomic mass is 16.5. The number of esters is 1. The molecule has 3 aromatic rings. The minimum Gasteiger partial charge on any atom is -0.476 e. The van der Waals surface area contributed by atoms with Crippen molar-refractivity contribution in [2.24, 2.45) is 0 Å². The van der Waals surface area contributed by atoms with Crippen molar-refractivity contribution in [2.45, 2.75) is 6.92 Å². The van der Waals surface area contributed by atoms with Crippen LogP contribution in [0.2, 0.25) is 0 Å². The summed E-state index contributed by atoms with van der Waals surface area (Å²) in [4.78, 5) is 27.1. The fraction of sp³-hybridized carbons (Fsp3) is 0.133. The summed E-state index contributed by atoms with van der Waals surface area (Å²) in [6.45, 7) is 1.78. The van der Waals surface area contributed by atoms with E-state index in [1.807, 2.05) is 0 Å². The molecule has 0 amide bonds. The largest absolute Gasteiger partial charge is 0.476 e. The van der Waals surface area contributed by atoms with Gasteiger partial charge >= 0.3 is 11.9 Å². The predicted octanol–water partition coefficient (Wildman–Crippen LogP) is 2.39. The third-order valence-electron chi connectivity index (χ3n) is 3.22. The van der Waals surface area contributed by atoms with Gasteiger partial charge in [-0.3, -0.25) is 4.40 Å². The summed E-state index contributed by atoms with van der Waals surface area (Å²) in [7, 11) is 1.28. The maximum absolute atomic E-state index is 11.7. The number of carbonyl (C=O) groups excluding carboxylic acids is 1. The van der Waals surface area contributed by atoms with Crippen LogP contribution in [0.25, 0.3) is 17.1 Å². The van der Waals surface area contributed by atoms with Gasteiger partial charge < -0.3 is 14.3 Å². The Morgan fingerprint density at radius 3 is 2.64 bits per heavy atom. The van der Waals surface area contributed by atoms with E-state index in [1.165, 1.54) is 29.8 Å². The summed E-state index contributed by atoms with van der Waals surface area (Å²) in [5, 5.41) is 9.27. The Bertz CT molecular complexity index is 891. The first kappa shape index (κ1) is 13.9. The second-order valence-corrected chi connectivity index (χ2v) is 4.66. The van der Waals surface area contributed by atoms with Crippen LogP contribution in [0.1, 0.15) is 26.6 Å². The fourth-order valence-electron chi connectivity index (χ4n) is 2.21.